The third-order valence-electron chi connectivity index (χ3n) is 3.41. The van der Waals surface area contributed by atoms with Gasteiger partial charge >= 0.3 is 12.1 Å². The van der Waals surface area contributed by atoms with Crippen molar-refractivity contribution in [3.63, 3.8) is 0 Å². The Morgan fingerprint density at radius 2 is 1.38 bits per heavy atom. The molecule has 146 valence electrons. The van der Waals surface area contributed by atoms with Gasteiger partial charge in [0.2, 0.25) is 5.91 Å². The summed E-state index contributed by atoms with van der Waals surface area (Å²) in [7, 11) is 0. The molecule has 0 heterocycles. The van der Waals surface area contributed by atoms with Gasteiger partial charge in [-0.2, -0.15) is 0 Å². The first-order chi connectivity index (χ1) is 12.2. The fourth-order valence-electron chi connectivity index (χ4n) is 2.04. The maximum Gasteiger partial charge on any atom is 0.413 e. The summed E-state index contributed by atoms with van der Waals surface area (Å²) >= 11 is 0. The van der Waals surface area contributed by atoms with Crippen LogP contribution in [0.25, 0.3) is 0 Å². The highest BCUT2D eigenvalue weighted by atomic mass is 16.6. The molecule has 26 heavy (non-hydrogen) atoms. The molecule has 0 aromatic heterocycles. The van der Waals surface area contributed by atoms with Crippen molar-refractivity contribution in [2.45, 2.75) is 53.6 Å². The van der Waals surface area contributed by atoms with Crippen molar-refractivity contribution in [3.8, 4) is 5.75 Å². The van der Waals surface area contributed by atoms with Crippen LogP contribution < -0.4 is 15.4 Å². The number of carbonyl (C=O) groups excluding carboxylic acids is 2. The SMILES string of the molecule is CC.CC(C)C(NC(=O)C(NC(=O)Oc1ccccc1)C(C)C)C(=O)O. The lowest BCUT2D eigenvalue weighted by Gasteiger charge is -2.25. The standard InChI is InChI=1S/C17H24N2O5.C2H6/c1-10(2)13(15(20)18-14(11(3)4)16(21)22)19-17(23)24-12-8-6-5-7-9-12;1-2/h5-11,13-14H,1-4H3,(H,18,20)(H,19,23)(H,21,22);1-2H3. The molecule has 1 aromatic carbocycles. The minimum Gasteiger partial charge on any atom is -0.480 e. The van der Waals surface area contributed by atoms with Crippen LogP contribution in [0.4, 0.5) is 4.79 Å². The number of para-hydroxylation sites is 1. The summed E-state index contributed by atoms with van der Waals surface area (Å²) in [6, 6.07) is 6.53. The Labute approximate surface area is 155 Å². The van der Waals surface area contributed by atoms with E-state index in [0.717, 1.165) is 0 Å². The van der Waals surface area contributed by atoms with Crippen LogP contribution in [0, 0.1) is 11.8 Å². The molecule has 3 N–H and O–H groups in total. The maximum absolute atomic E-state index is 12.3. The Morgan fingerprint density at radius 3 is 1.81 bits per heavy atom. The normalized spacial score (nSPS) is 12.5. The first-order valence-electron chi connectivity index (χ1n) is 8.79. The van der Waals surface area contributed by atoms with Crippen LogP contribution in [0.15, 0.2) is 30.3 Å². The molecule has 0 bridgehead atoms. The Morgan fingerprint density at radius 1 is 0.885 bits per heavy atom. The Bertz CT molecular complexity index is 573. The molecule has 0 radical (unpaired) electrons. The molecule has 2 atom stereocenters. The number of nitrogens with one attached hydrogen (secondary N) is 2. The van der Waals surface area contributed by atoms with Crippen LogP contribution in [0.1, 0.15) is 41.5 Å². The second-order valence-corrected chi connectivity index (χ2v) is 6.14. The lowest BCUT2D eigenvalue weighted by Crippen LogP contribution is -2.55. The molecule has 0 fully saturated rings. The average molecular weight is 366 g/mol. The van der Waals surface area contributed by atoms with Crippen molar-refractivity contribution in [1.29, 1.82) is 0 Å². The topological polar surface area (TPSA) is 105 Å². The molecule has 0 aliphatic rings. The van der Waals surface area contributed by atoms with Crippen molar-refractivity contribution in [2.24, 2.45) is 11.8 Å². The van der Waals surface area contributed by atoms with Crippen molar-refractivity contribution in [1.82, 2.24) is 10.6 Å². The fraction of sp³-hybridized carbons (Fsp3) is 0.526. The lowest BCUT2D eigenvalue weighted by molar-refractivity contribution is -0.143. The third-order valence-corrected chi connectivity index (χ3v) is 3.41. The zero-order chi connectivity index (χ0) is 20.3. The van der Waals surface area contributed by atoms with Crippen LogP contribution in [-0.2, 0) is 9.59 Å². The van der Waals surface area contributed by atoms with Gasteiger partial charge in [0.05, 0.1) is 0 Å². The van der Waals surface area contributed by atoms with Gasteiger partial charge in [-0.25, -0.2) is 9.59 Å². The molecule has 1 rings (SSSR count). The summed E-state index contributed by atoms with van der Waals surface area (Å²) in [5.41, 5.74) is 0. The monoisotopic (exact) mass is 366 g/mol. The van der Waals surface area contributed by atoms with Crippen molar-refractivity contribution >= 4 is 18.0 Å². The van der Waals surface area contributed by atoms with E-state index in [9.17, 15) is 14.4 Å². The summed E-state index contributed by atoms with van der Waals surface area (Å²) in [6.07, 6.45) is -0.772. The Hall–Kier alpha value is -2.57. The number of benzene rings is 1. The predicted molar refractivity (Wildman–Crippen MR) is 100.0 cm³/mol. The maximum atomic E-state index is 12.3. The van der Waals surface area contributed by atoms with Crippen molar-refractivity contribution < 1.29 is 24.2 Å². The molecule has 0 saturated heterocycles. The fourth-order valence-corrected chi connectivity index (χ4v) is 2.04. The number of carbonyl (C=O) groups is 3. The largest absolute Gasteiger partial charge is 0.480 e. The van der Waals surface area contributed by atoms with Gasteiger partial charge in [-0.1, -0.05) is 59.7 Å². The molecule has 2 unspecified atom stereocenters. The zero-order valence-electron chi connectivity index (χ0n) is 16.3. The van der Waals surface area contributed by atoms with Gasteiger partial charge in [-0.05, 0) is 24.0 Å². The molecule has 0 aliphatic heterocycles. The highest BCUT2D eigenvalue weighted by Crippen LogP contribution is 2.10. The van der Waals surface area contributed by atoms with Gasteiger partial charge in [0, 0.05) is 0 Å². The van der Waals surface area contributed by atoms with E-state index in [1.165, 1.54) is 0 Å². The zero-order valence-corrected chi connectivity index (χ0v) is 16.3. The van der Waals surface area contributed by atoms with Crippen LogP contribution in [0.5, 0.6) is 5.75 Å². The molecular weight excluding hydrogens is 336 g/mol. The molecule has 1 aromatic rings. The average Bonchev–Trinajstić information content (AvgIpc) is 2.59. The highest BCUT2D eigenvalue weighted by Gasteiger charge is 2.30. The summed E-state index contributed by atoms with van der Waals surface area (Å²) in [6.45, 7) is 10.9. The number of hydrogen-bond acceptors (Lipinski definition) is 4. The van der Waals surface area contributed by atoms with E-state index in [4.69, 9.17) is 9.84 Å². The summed E-state index contributed by atoms with van der Waals surface area (Å²) in [5, 5.41) is 14.1. The molecule has 7 heteroatoms. The summed E-state index contributed by atoms with van der Waals surface area (Å²) in [4.78, 5) is 35.5. The Kier molecular flexibility index (Phi) is 10.7. The predicted octanol–water partition coefficient (Wildman–Crippen LogP) is 3.05. The molecule has 7 nitrogen and oxygen atoms in total. The number of rotatable bonds is 7. The van der Waals surface area contributed by atoms with E-state index in [1.54, 1.807) is 58.0 Å². The number of amides is 2. The molecule has 0 aliphatic carbocycles. The number of ether oxygens (including phenoxy) is 1. The van der Waals surface area contributed by atoms with Crippen LogP contribution in [0.2, 0.25) is 0 Å². The molecule has 0 spiro atoms. The first kappa shape index (κ1) is 23.4. The van der Waals surface area contributed by atoms with Crippen molar-refractivity contribution in [2.75, 3.05) is 0 Å². The van der Waals surface area contributed by atoms with E-state index < -0.39 is 30.1 Å². The van der Waals surface area contributed by atoms with Gasteiger partial charge in [-0.3, -0.25) is 4.79 Å². The van der Waals surface area contributed by atoms with E-state index in [2.05, 4.69) is 10.6 Å². The van der Waals surface area contributed by atoms with E-state index in [0.29, 0.717) is 5.75 Å². The van der Waals surface area contributed by atoms with Crippen LogP contribution in [0.3, 0.4) is 0 Å². The Balaban J connectivity index is 0.00000301. The first-order valence-corrected chi connectivity index (χ1v) is 8.79. The lowest BCUT2D eigenvalue weighted by atomic mass is 10.0. The van der Waals surface area contributed by atoms with Gasteiger partial charge in [0.25, 0.3) is 0 Å². The van der Waals surface area contributed by atoms with Gasteiger partial charge < -0.3 is 20.5 Å². The van der Waals surface area contributed by atoms with Gasteiger partial charge in [-0.15, -0.1) is 0 Å². The van der Waals surface area contributed by atoms with Gasteiger partial charge in [0.1, 0.15) is 17.8 Å². The number of aliphatic carboxylic acids is 1. The molecule has 2 amide bonds. The number of carboxylic acids is 1. The minimum absolute atomic E-state index is 0.241. The van der Waals surface area contributed by atoms with E-state index in [-0.39, 0.29) is 11.8 Å². The summed E-state index contributed by atoms with van der Waals surface area (Å²) < 4.78 is 5.10. The highest BCUT2D eigenvalue weighted by molar-refractivity contribution is 5.89. The van der Waals surface area contributed by atoms with E-state index in [1.807, 2.05) is 13.8 Å². The van der Waals surface area contributed by atoms with Gasteiger partial charge in [0.15, 0.2) is 0 Å². The van der Waals surface area contributed by atoms with Crippen LogP contribution >= 0.6 is 0 Å². The third kappa shape index (κ3) is 8.00. The van der Waals surface area contributed by atoms with E-state index >= 15 is 0 Å². The number of carboxylic acid groups (broad SMARTS) is 1. The summed E-state index contributed by atoms with van der Waals surface area (Å²) in [5.74, 6) is -1.85. The minimum atomic E-state index is -1.12. The van der Waals surface area contributed by atoms with Crippen molar-refractivity contribution in [3.05, 3.63) is 30.3 Å². The molecule has 0 saturated carbocycles. The molecular formula is C19H30N2O5. The second kappa shape index (κ2) is 11.9. The quantitative estimate of drug-likeness (QED) is 0.688. The van der Waals surface area contributed by atoms with Crippen LogP contribution in [-0.4, -0.2) is 35.2 Å². The number of hydrogen-bond donors (Lipinski definition) is 3. The second-order valence-electron chi connectivity index (χ2n) is 6.14. The smallest absolute Gasteiger partial charge is 0.413 e.